The zero-order valence-electron chi connectivity index (χ0n) is 12.5. The number of rotatable bonds is 5. The molecular weight excluding hydrogens is 284 g/mol. The first-order valence-corrected chi connectivity index (χ1v) is 7.76. The number of aryl methyl sites for hydroxylation is 1. The Labute approximate surface area is 128 Å². The van der Waals surface area contributed by atoms with E-state index in [0.717, 1.165) is 28.9 Å². The first kappa shape index (κ1) is 15.4. The van der Waals surface area contributed by atoms with Gasteiger partial charge in [0.2, 0.25) is 0 Å². The molecule has 21 heavy (non-hydrogen) atoms. The van der Waals surface area contributed by atoms with Crippen LogP contribution in [-0.4, -0.2) is 19.6 Å². The Morgan fingerprint density at radius 1 is 1.38 bits per heavy atom. The van der Waals surface area contributed by atoms with Crippen LogP contribution in [0.2, 0.25) is 0 Å². The molecule has 0 atom stereocenters. The topological polar surface area (TPSA) is 64.3 Å². The number of nitrogens with one attached hydrogen (secondary N) is 1. The number of benzene rings is 1. The first-order valence-electron chi connectivity index (χ1n) is 6.88. The molecule has 2 aromatic rings. The number of ether oxygens (including phenoxy) is 1. The molecule has 0 aliphatic heterocycles. The minimum Gasteiger partial charge on any atom is -0.496 e. The van der Waals surface area contributed by atoms with Gasteiger partial charge in [0.15, 0.2) is 0 Å². The fraction of sp³-hybridized carbons (Fsp3) is 0.312. The Morgan fingerprint density at radius 2 is 2.14 bits per heavy atom. The number of hydrogen-bond acceptors (Lipinski definition) is 4. The predicted octanol–water partition coefficient (Wildman–Crippen LogP) is 3.45. The third kappa shape index (κ3) is 3.19. The van der Waals surface area contributed by atoms with E-state index in [0.29, 0.717) is 17.1 Å². The molecule has 2 rings (SSSR count). The van der Waals surface area contributed by atoms with Crippen molar-refractivity contribution in [2.45, 2.75) is 20.3 Å². The van der Waals surface area contributed by atoms with Crippen LogP contribution >= 0.6 is 11.3 Å². The number of nitrogen functional groups attached to an aromatic ring is 1. The van der Waals surface area contributed by atoms with Crippen LogP contribution < -0.4 is 15.8 Å². The van der Waals surface area contributed by atoms with Crippen molar-refractivity contribution in [1.82, 2.24) is 5.32 Å². The van der Waals surface area contributed by atoms with Crippen LogP contribution in [0.4, 0.5) is 5.00 Å². The molecule has 1 heterocycles. The van der Waals surface area contributed by atoms with Crippen molar-refractivity contribution in [3.05, 3.63) is 34.7 Å². The number of nitrogens with two attached hydrogens (primary N) is 1. The SMILES string of the molecule is CCCNC(=O)c1c(-c2cc(C)ccc2OC)csc1N. The molecule has 1 aromatic carbocycles. The van der Waals surface area contributed by atoms with Crippen LogP contribution in [0.3, 0.4) is 0 Å². The number of hydrogen-bond donors (Lipinski definition) is 2. The summed E-state index contributed by atoms with van der Waals surface area (Å²) in [7, 11) is 1.63. The van der Waals surface area contributed by atoms with Gasteiger partial charge in [0, 0.05) is 23.1 Å². The lowest BCUT2D eigenvalue weighted by Crippen LogP contribution is -2.24. The van der Waals surface area contributed by atoms with Crippen LogP contribution in [0.5, 0.6) is 5.75 Å². The number of amides is 1. The Kier molecular flexibility index (Phi) is 4.85. The van der Waals surface area contributed by atoms with E-state index in [4.69, 9.17) is 10.5 Å². The Morgan fingerprint density at radius 3 is 2.81 bits per heavy atom. The number of carbonyl (C=O) groups is 1. The molecule has 112 valence electrons. The predicted molar refractivity (Wildman–Crippen MR) is 88.1 cm³/mol. The van der Waals surface area contributed by atoms with Crippen molar-refractivity contribution >= 4 is 22.2 Å². The average Bonchev–Trinajstić information content (AvgIpc) is 2.86. The Balaban J connectivity index is 2.50. The van der Waals surface area contributed by atoms with E-state index in [1.165, 1.54) is 11.3 Å². The van der Waals surface area contributed by atoms with Gasteiger partial charge in [0.05, 0.1) is 17.7 Å². The van der Waals surface area contributed by atoms with E-state index in [2.05, 4.69) is 5.32 Å². The van der Waals surface area contributed by atoms with Crippen molar-refractivity contribution in [1.29, 1.82) is 0 Å². The van der Waals surface area contributed by atoms with E-state index in [9.17, 15) is 4.79 Å². The van der Waals surface area contributed by atoms with Gasteiger partial charge in [-0.2, -0.15) is 0 Å². The van der Waals surface area contributed by atoms with Crippen molar-refractivity contribution in [3.8, 4) is 16.9 Å². The Hall–Kier alpha value is -2.01. The molecule has 4 nitrogen and oxygen atoms in total. The smallest absolute Gasteiger partial charge is 0.254 e. The highest BCUT2D eigenvalue weighted by Crippen LogP contribution is 2.38. The van der Waals surface area contributed by atoms with Crippen molar-refractivity contribution in [2.75, 3.05) is 19.4 Å². The van der Waals surface area contributed by atoms with Crippen LogP contribution in [-0.2, 0) is 0 Å². The quantitative estimate of drug-likeness (QED) is 0.889. The zero-order valence-corrected chi connectivity index (χ0v) is 13.3. The van der Waals surface area contributed by atoms with Crippen molar-refractivity contribution in [2.24, 2.45) is 0 Å². The molecule has 0 fully saturated rings. The second-order valence-electron chi connectivity index (χ2n) is 4.85. The van der Waals surface area contributed by atoms with Gasteiger partial charge in [-0.1, -0.05) is 18.6 Å². The van der Waals surface area contributed by atoms with Gasteiger partial charge in [0.1, 0.15) is 5.75 Å². The van der Waals surface area contributed by atoms with E-state index < -0.39 is 0 Å². The molecule has 0 radical (unpaired) electrons. The van der Waals surface area contributed by atoms with Crippen LogP contribution in [0.25, 0.3) is 11.1 Å². The molecule has 1 amide bonds. The Bertz CT molecular complexity index is 650. The van der Waals surface area contributed by atoms with Crippen LogP contribution in [0.1, 0.15) is 29.3 Å². The van der Waals surface area contributed by atoms with Gasteiger partial charge >= 0.3 is 0 Å². The summed E-state index contributed by atoms with van der Waals surface area (Å²) in [5.41, 5.74) is 9.37. The number of anilines is 1. The summed E-state index contributed by atoms with van der Waals surface area (Å²) in [6, 6.07) is 5.90. The maximum atomic E-state index is 12.3. The lowest BCUT2D eigenvalue weighted by molar-refractivity contribution is 0.0955. The van der Waals surface area contributed by atoms with E-state index in [1.807, 2.05) is 37.4 Å². The fourth-order valence-corrected chi connectivity index (χ4v) is 2.97. The summed E-state index contributed by atoms with van der Waals surface area (Å²) in [6.07, 6.45) is 0.888. The highest BCUT2D eigenvalue weighted by molar-refractivity contribution is 7.15. The molecule has 1 aromatic heterocycles. The number of thiophene rings is 1. The molecule has 0 unspecified atom stereocenters. The second kappa shape index (κ2) is 6.63. The summed E-state index contributed by atoms with van der Waals surface area (Å²) in [5, 5.41) is 5.32. The summed E-state index contributed by atoms with van der Waals surface area (Å²) >= 11 is 1.37. The molecule has 0 aliphatic carbocycles. The highest BCUT2D eigenvalue weighted by Gasteiger charge is 2.20. The summed E-state index contributed by atoms with van der Waals surface area (Å²) in [5.74, 6) is 0.608. The van der Waals surface area contributed by atoms with Crippen LogP contribution in [0, 0.1) is 6.92 Å². The fourth-order valence-electron chi connectivity index (χ4n) is 2.16. The third-order valence-corrected chi connectivity index (χ3v) is 4.04. The average molecular weight is 304 g/mol. The normalized spacial score (nSPS) is 10.4. The van der Waals surface area contributed by atoms with Gasteiger partial charge in [-0.05, 0) is 25.5 Å². The number of methoxy groups -OCH3 is 1. The summed E-state index contributed by atoms with van der Waals surface area (Å²) < 4.78 is 5.41. The molecule has 0 saturated heterocycles. The van der Waals surface area contributed by atoms with Gasteiger partial charge < -0.3 is 15.8 Å². The zero-order chi connectivity index (χ0) is 15.4. The number of carbonyl (C=O) groups excluding carboxylic acids is 1. The monoisotopic (exact) mass is 304 g/mol. The third-order valence-electron chi connectivity index (χ3n) is 3.23. The molecule has 0 bridgehead atoms. The van der Waals surface area contributed by atoms with E-state index >= 15 is 0 Å². The standard InChI is InChI=1S/C16H20N2O2S/c1-4-7-18-16(19)14-12(9-21-15(14)17)11-8-10(2)5-6-13(11)20-3/h5-6,8-9H,4,7,17H2,1-3H3,(H,18,19). The van der Waals surface area contributed by atoms with E-state index in [1.54, 1.807) is 7.11 Å². The van der Waals surface area contributed by atoms with Crippen molar-refractivity contribution < 1.29 is 9.53 Å². The molecule has 3 N–H and O–H groups in total. The molecule has 0 spiro atoms. The molecule has 0 aliphatic rings. The first-order chi connectivity index (χ1) is 10.1. The van der Waals surface area contributed by atoms with Gasteiger partial charge in [-0.3, -0.25) is 4.79 Å². The summed E-state index contributed by atoms with van der Waals surface area (Å²) in [6.45, 7) is 4.66. The lowest BCUT2D eigenvalue weighted by atomic mass is 10.0. The van der Waals surface area contributed by atoms with E-state index in [-0.39, 0.29) is 5.91 Å². The van der Waals surface area contributed by atoms with Crippen molar-refractivity contribution in [3.63, 3.8) is 0 Å². The van der Waals surface area contributed by atoms with Crippen LogP contribution in [0.15, 0.2) is 23.6 Å². The maximum Gasteiger partial charge on any atom is 0.254 e. The molecular formula is C16H20N2O2S. The minimum atomic E-state index is -0.130. The van der Waals surface area contributed by atoms with Gasteiger partial charge in [0.25, 0.3) is 5.91 Å². The van der Waals surface area contributed by atoms with Gasteiger partial charge in [-0.15, -0.1) is 11.3 Å². The molecule has 0 saturated carbocycles. The maximum absolute atomic E-state index is 12.3. The summed E-state index contributed by atoms with van der Waals surface area (Å²) in [4.78, 5) is 12.3. The largest absolute Gasteiger partial charge is 0.496 e. The molecule has 5 heteroatoms. The minimum absolute atomic E-state index is 0.130. The highest BCUT2D eigenvalue weighted by atomic mass is 32.1. The van der Waals surface area contributed by atoms with Gasteiger partial charge in [-0.25, -0.2) is 0 Å². The lowest BCUT2D eigenvalue weighted by Gasteiger charge is -2.11. The second-order valence-corrected chi connectivity index (χ2v) is 5.76.